The third kappa shape index (κ3) is 7.48. The Labute approximate surface area is 337 Å². The molecule has 0 atom stereocenters. The van der Waals surface area contributed by atoms with E-state index in [2.05, 4.69) is 20.5 Å². The molecular formula is C38H33N11O6S3. The zero-order chi connectivity index (χ0) is 42.4. The van der Waals surface area contributed by atoms with Crippen LogP contribution < -0.4 is 10.2 Å². The van der Waals surface area contributed by atoms with Crippen LogP contribution in [0.1, 0.15) is 50.3 Å². The van der Waals surface area contributed by atoms with Crippen molar-refractivity contribution in [3.63, 3.8) is 0 Å². The number of para-hydroxylation sites is 1. The van der Waals surface area contributed by atoms with Crippen LogP contribution in [0, 0.1) is 82.5 Å². The highest BCUT2D eigenvalue weighted by molar-refractivity contribution is 7.86. The lowest BCUT2D eigenvalue weighted by Crippen LogP contribution is -2.17. The van der Waals surface area contributed by atoms with Crippen LogP contribution >= 0.6 is 11.3 Å². The summed E-state index contributed by atoms with van der Waals surface area (Å²) >= 11 is 1.30. The summed E-state index contributed by atoms with van der Waals surface area (Å²) in [7, 11) is -9.40. The maximum Gasteiger partial charge on any atom is 0.295 e. The predicted molar refractivity (Wildman–Crippen MR) is 216 cm³/mol. The quantitative estimate of drug-likeness (QED) is 0.0864. The first kappa shape index (κ1) is 41.0. The van der Waals surface area contributed by atoms with Gasteiger partial charge in [-0.25, -0.2) is 9.97 Å². The molecule has 0 saturated heterocycles. The minimum absolute atomic E-state index is 0.00183. The minimum Gasteiger partial charge on any atom is -0.338 e. The van der Waals surface area contributed by atoms with E-state index in [1.54, 1.807) is 64.6 Å². The standard InChI is InChI=1S/C38H33N11O6S3/c1-19-14-22(4)34(57(50,51)52)24(6)31(19)45-36-32(46-47-37-42-27(17-40)28(18-41)48(37)13-12-39)20(2)16-30(44-36)49(38-43-26-10-8-9-11-29(26)56-38)33-21(3)15-23(5)35(25(33)7)58(53,54)55/h8-11,14-16H,13H2,1-7H3,(H,44,45)(H,50,51,52)(H,53,54,55). The molecule has 58 heavy (non-hydrogen) atoms. The van der Waals surface area contributed by atoms with E-state index < -0.39 is 20.2 Å². The third-order valence-corrected chi connectivity index (χ3v) is 12.6. The third-order valence-electron chi connectivity index (χ3n) is 9.24. The van der Waals surface area contributed by atoms with Crippen molar-refractivity contribution in [1.82, 2.24) is 19.5 Å². The van der Waals surface area contributed by atoms with Crippen molar-refractivity contribution in [2.24, 2.45) is 10.2 Å². The fourth-order valence-corrected chi connectivity index (χ4v) is 9.92. The normalized spacial score (nSPS) is 11.8. The topological polar surface area (TPSA) is 264 Å². The number of rotatable bonds is 10. The second-order valence-electron chi connectivity index (χ2n) is 13.3. The fraction of sp³-hybridized carbons (Fsp3) is 0.211. The van der Waals surface area contributed by atoms with Crippen molar-refractivity contribution in [3.05, 3.63) is 92.8 Å². The van der Waals surface area contributed by atoms with Crippen molar-refractivity contribution in [2.45, 2.75) is 64.8 Å². The van der Waals surface area contributed by atoms with Gasteiger partial charge in [0.25, 0.3) is 26.2 Å². The van der Waals surface area contributed by atoms with Crippen LogP contribution in [0.15, 0.2) is 62.5 Å². The molecule has 0 unspecified atom stereocenters. The lowest BCUT2D eigenvalue weighted by Gasteiger charge is -2.28. The number of hydrogen-bond acceptors (Lipinski definition) is 15. The molecule has 0 aliphatic rings. The van der Waals surface area contributed by atoms with Crippen molar-refractivity contribution >= 4 is 81.6 Å². The Bertz CT molecular complexity index is 3060. The maximum atomic E-state index is 12.8. The first-order valence-corrected chi connectivity index (χ1v) is 20.8. The van der Waals surface area contributed by atoms with Gasteiger partial charge in [0, 0.05) is 5.69 Å². The van der Waals surface area contributed by atoms with Gasteiger partial charge in [-0.05, 0) is 106 Å². The predicted octanol–water partition coefficient (Wildman–Crippen LogP) is 8.44. The monoisotopic (exact) mass is 835 g/mol. The number of azo groups is 1. The molecule has 6 aromatic rings. The number of nitrogens with zero attached hydrogens (tertiary/aromatic N) is 10. The number of pyridine rings is 1. The molecule has 0 spiro atoms. The Kier molecular flexibility index (Phi) is 10.9. The van der Waals surface area contributed by atoms with Crippen LogP contribution in [0.3, 0.4) is 0 Å². The summed E-state index contributed by atoms with van der Waals surface area (Å²) in [5.74, 6) is -0.0329. The van der Waals surface area contributed by atoms with Crippen molar-refractivity contribution < 1.29 is 25.9 Å². The first-order chi connectivity index (χ1) is 27.3. The average molecular weight is 836 g/mol. The summed E-state index contributed by atoms with van der Waals surface area (Å²) < 4.78 is 73.2. The van der Waals surface area contributed by atoms with Crippen molar-refractivity contribution in [1.29, 1.82) is 15.8 Å². The van der Waals surface area contributed by atoms with Gasteiger partial charge in [0.1, 0.15) is 40.0 Å². The summed E-state index contributed by atoms with van der Waals surface area (Å²) in [4.78, 5) is 15.0. The zero-order valence-electron chi connectivity index (χ0n) is 32.0. The number of benzene rings is 3. The molecule has 0 fully saturated rings. The number of nitrogens with one attached hydrogen (secondary N) is 1. The fourth-order valence-electron chi connectivity index (χ4n) is 7.04. The molecule has 3 aromatic heterocycles. The first-order valence-electron chi connectivity index (χ1n) is 17.1. The van der Waals surface area contributed by atoms with Crippen LogP contribution in [0.2, 0.25) is 0 Å². The lowest BCUT2D eigenvalue weighted by molar-refractivity contribution is 0.479. The Morgan fingerprint density at radius 2 is 1.43 bits per heavy atom. The number of imidazole rings is 1. The molecule has 0 radical (unpaired) electrons. The summed E-state index contributed by atoms with van der Waals surface area (Å²) in [6, 6.07) is 17.8. The number of nitriles is 3. The Hall–Kier alpha value is -6.60. The van der Waals surface area contributed by atoms with Crippen LogP contribution in [-0.4, -0.2) is 45.5 Å². The van der Waals surface area contributed by atoms with E-state index in [0.717, 1.165) is 9.27 Å². The smallest absolute Gasteiger partial charge is 0.295 e. The van der Waals surface area contributed by atoms with E-state index in [0.29, 0.717) is 44.2 Å². The average Bonchev–Trinajstić information content (AvgIpc) is 3.70. The highest BCUT2D eigenvalue weighted by Gasteiger charge is 2.30. The molecule has 0 amide bonds. The van der Waals surface area contributed by atoms with Gasteiger partial charge >= 0.3 is 0 Å². The van der Waals surface area contributed by atoms with Gasteiger partial charge in [-0.2, -0.15) is 37.6 Å². The SMILES string of the molecule is Cc1cc(N(c2nc3ccccc3s2)c2c(C)cc(C)c(S(=O)(=O)O)c2C)nc(Nc2c(C)cc(C)c(S(=O)(=O)O)c2C)c1N=Nc1nc(C#N)c(C#N)n1CC#N. The number of aromatic nitrogens is 4. The lowest BCUT2D eigenvalue weighted by atomic mass is 10.0. The second kappa shape index (κ2) is 15.4. The largest absolute Gasteiger partial charge is 0.338 e. The molecule has 0 aliphatic heterocycles. The molecule has 0 saturated carbocycles. The Balaban J connectivity index is 1.69. The molecule has 3 N–H and O–H groups in total. The van der Waals surface area contributed by atoms with E-state index in [4.69, 9.17) is 9.97 Å². The van der Waals surface area contributed by atoms with E-state index in [1.165, 1.54) is 18.3 Å². The molecule has 3 heterocycles. The number of anilines is 5. The van der Waals surface area contributed by atoms with Crippen LogP contribution in [-0.2, 0) is 26.8 Å². The maximum absolute atomic E-state index is 12.8. The molecule has 0 aliphatic carbocycles. The van der Waals surface area contributed by atoms with Crippen molar-refractivity contribution in [2.75, 3.05) is 10.2 Å². The molecular weight excluding hydrogens is 803 g/mol. The van der Waals surface area contributed by atoms with E-state index in [1.807, 2.05) is 42.5 Å². The van der Waals surface area contributed by atoms with Crippen LogP contribution in [0.5, 0.6) is 0 Å². The zero-order valence-corrected chi connectivity index (χ0v) is 34.4. The summed E-state index contributed by atoms with van der Waals surface area (Å²) in [5.41, 5.74) is 3.49. The van der Waals surface area contributed by atoms with E-state index >= 15 is 0 Å². The van der Waals surface area contributed by atoms with Crippen molar-refractivity contribution in [3.8, 4) is 18.2 Å². The van der Waals surface area contributed by atoms with Gasteiger partial charge < -0.3 is 5.32 Å². The summed E-state index contributed by atoms with van der Waals surface area (Å²) in [6.45, 7) is 11.0. The Morgan fingerprint density at radius 1 is 0.793 bits per heavy atom. The number of hydrogen-bond donors (Lipinski definition) is 3. The van der Waals surface area contributed by atoms with E-state index in [9.17, 15) is 41.7 Å². The molecule has 6 rings (SSSR count). The van der Waals surface area contributed by atoms with Crippen LogP contribution in [0.25, 0.3) is 10.2 Å². The van der Waals surface area contributed by atoms with Gasteiger partial charge in [0.15, 0.2) is 22.3 Å². The van der Waals surface area contributed by atoms with Gasteiger partial charge in [0.2, 0.25) is 0 Å². The second-order valence-corrected chi connectivity index (χ2v) is 17.0. The number of fused-ring (bicyclic) bond motifs is 1. The number of thiazole rings is 1. The Morgan fingerprint density at radius 3 is 2.03 bits per heavy atom. The highest BCUT2D eigenvalue weighted by Crippen LogP contribution is 2.46. The molecule has 3 aromatic carbocycles. The molecule has 294 valence electrons. The van der Waals surface area contributed by atoms with Gasteiger partial charge in [-0.1, -0.05) is 35.6 Å². The molecule has 0 bridgehead atoms. The van der Waals surface area contributed by atoms with Crippen LogP contribution in [0.4, 0.5) is 39.8 Å². The summed E-state index contributed by atoms with van der Waals surface area (Å²) in [5, 5.41) is 41.0. The van der Waals surface area contributed by atoms with Gasteiger partial charge in [-0.3, -0.25) is 18.6 Å². The highest BCUT2D eigenvalue weighted by atomic mass is 32.2. The molecule has 17 nitrogen and oxygen atoms in total. The van der Waals surface area contributed by atoms with Gasteiger partial charge in [0.05, 0.1) is 22.0 Å². The van der Waals surface area contributed by atoms with Gasteiger partial charge in [-0.15, -0.1) is 10.2 Å². The minimum atomic E-state index is -4.71. The summed E-state index contributed by atoms with van der Waals surface area (Å²) in [6.07, 6.45) is 0. The van der Waals surface area contributed by atoms with E-state index in [-0.39, 0.29) is 67.8 Å². The molecule has 20 heteroatoms. The number of aryl methyl sites for hydroxylation is 5.